The van der Waals surface area contributed by atoms with Gasteiger partial charge in [-0.25, -0.2) is 0 Å². The number of aromatic nitrogens is 3. The summed E-state index contributed by atoms with van der Waals surface area (Å²) in [4.78, 5) is 26.0. The molecule has 4 rings (SSSR count). The minimum atomic E-state index is -0.240. The number of benzene rings is 2. The summed E-state index contributed by atoms with van der Waals surface area (Å²) in [5.41, 5.74) is 3.76. The van der Waals surface area contributed by atoms with Crippen LogP contribution in [0.1, 0.15) is 17.7 Å². The van der Waals surface area contributed by atoms with Crippen molar-refractivity contribution >= 4 is 17.2 Å². The van der Waals surface area contributed by atoms with Gasteiger partial charge >= 0.3 is 0 Å². The van der Waals surface area contributed by atoms with Crippen molar-refractivity contribution < 1.29 is 19.0 Å². The second-order valence-electron chi connectivity index (χ2n) is 8.05. The zero-order valence-corrected chi connectivity index (χ0v) is 20.4. The van der Waals surface area contributed by atoms with Crippen LogP contribution >= 0.6 is 0 Å². The number of hydrogen-bond acceptors (Lipinski definition) is 6. The van der Waals surface area contributed by atoms with Gasteiger partial charge in [-0.15, -0.1) is 0 Å². The summed E-state index contributed by atoms with van der Waals surface area (Å²) >= 11 is 0. The van der Waals surface area contributed by atoms with E-state index in [9.17, 15) is 9.59 Å². The molecule has 9 heteroatoms. The van der Waals surface area contributed by atoms with Crippen LogP contribution in [0.15, 0.2) is 53.3 Å². The van der Waals surface area contributed by atoms with E-state index in [1.807, 2.05) is 48.9 Å². The second-order valence-corrected chi connectivity index (χ2v) is 8.05. The summed E-state index contributed by atoms with van der Waals surface area (Å²) in [6.07, 6.45) is 0.411. The fourth-order valence-electron chi connectivity index (χ4n) is 4.07. The lowest BCUT2D eigenvalue weighted by atomic mass is 10.1. The Hall–Kier alpha value is -4.27. The van der Waals surface area contributed by atoms with Gasteiger partial charge in [-0.1, -0.05) is 12.1 Å². The molecule has 0 fully saturated rings. The van der Waals surface area contributed by atoms with E-state index in [-0.39, 0.29) is 24.3 Å². The molecule has 2 aromatic heterocycles. The Labute approximate surface area is 202 Å². The van der Waals surface area contributed by atoms with Crippen LogP contribution in [-0.4, -0.2) is 41.4 Å². The largest absolute Gasteiger partial charge is 0.496 e. The fraction of sp³-hybridized carbons (Fsp3) is 0.269. The molecule has 35 heavy (non-hydrogen) atoms. The minimum Gasteiger partial charge on any atom is -0.496 e. The van der Waals surface area contributed by atoms with Crippen LogP contribution < -0.4 is 25.1 Å². The molecule has 2 aromatic carbocycles. The number of nitrogens with one attached hydrogen (secondary N) is 1. The van der Waals surface area contributed by atoms with Gasteiger partial charge in [0.25, 0.3) is 5.56 Å². The Kier molecular flexibility index (Phi) is 6.77. The van der Waals surface area contributed by atoms with Crippen LogP contribution in [0.25, 0.3) is 16.9 Å². The number of carbonyl (C=O) groups is 1. The molecule has 0 saturated heterocycles. The van der Waals surface area contributed by atoms with E-state index in [0.29, 0.717) is 39.8 Å². The molecule has 0 aliphatic heterocycles. The van der Waals surface area contributed by atoms with Gasteiger partial charge in [0.1, 0.15) is 11.4 Å². The molecule has 0 atom stereocenters. The Balaban J connectivity index is 1.59. The van der Waals surface area contributed by atoms with Crippen molar-refractivity contribution in [3.8, 4) is 28.5 Å². The molecule has 0 aliphatic rings. The van der Waals surface area contributed by atoms with E-state index >= 15 is 0 Å². The van der Waals surface area contributed by atoms with Gasteiger partial charge in [-0.3, -0.25) is 9.59 Å². The van der Waals surface area contributed by atoms with Gasteiger partial charge in [0.15, 0.2) is 11.5 Å². The predicted molar refractivity (Wildman–Crippen MR) is 134 cm³/mol. The first-order valence-corrected chi connectivity index (χ1v) is 11.1. The molecular weight excluding hydrogens is 448 g/mol. The van der Waals surface area contributed by atoms with Crippen molar-refractivity contribution in [1.29, 1.82) is 0 Å². The number of amides is 1. The standard InChI is InChI=1S/C26H28N4O5/c1-16-18(11-13-24(31)27-17-10-12-22(34-4)23(14-17)35-5)26(32)30-25(29(16)2)15-20(28-30)19-8-6-7-9-21(19)33-3/h6-10,12,14-15H,11,13H2,1-5H3,(H,27,31). The van der Waals surface area contributed by atoms with Gasteiger partial charge in [-0.05, 0) is 37.6 Å². The van der Waals surface area contributed by atoms with Crippen molar-refractivity contribution in [1.82, 2.24) is 14.2 Å². The Morgan fingerprint density at radius 3 is 2.40 bits per heavy atom. The first-order valence-electron chi connectivity index (χ1n) is 11.1. The van der Waals surface area contributed by atoms with Crippen molar-refractivity contribution in [2.75, 3.05) is 26.6 Å². The molecule has 182 valence electrons. The molecule has 1 N–H and O–H groups in total. The summed E-state index contributed by atoms with van der Waals surface area (Å²) in [7, 11) is 6.56. The van der Waals surface area contributed by atoms with E-state index in [2.05, 4.69) is 10.4 Å². The molecule has 0 spiro atoms. The van der Waals surface area contributed by atoms with E-state index in [4.69, 9.17) is 14.2 Å². The number of para-hydroxylation sites is 1. The van der Waals surface area contributed by atoms with Gasteiger partial charge < -0.3 is 24.1 Å². The van der Waals surface area contributed by atoms with Crippen LogP contribution in [0.3, 0.4) is 0 Å². The second kappa shape index (κ2) is 9.92. The monoisotopic (exact) mass is 476 g/mol. The number of hydrogen-bond donors (Lipinski definition) is 1. The Morgan fingerprint density at radius 1 is 0.971 bits per heavy atom. The van der Waals surface area contributed by atoms with Crippen molar-refractivity contribution in [3.63, 3.8) is 0 Å². The van der Waals surface area contributed by atoms with Crippen LogP contribution in [-0.2, 0) is 18.3 Å². The number of nitrogens with zero attached hydrogens (tertiary/aromatic N) is 3. The summed E-state index contributed by atoms with van der Waals surface area (Å²) in [6.45, 7) is 1.87. The highest BCUT2D eigenvalue weighted by molar-refractivity contribution is 5.91. The molecule has 1 amide bonds. The molecule has 0 unspecified atom stereocenters. The lowest BCUT2D eigenvalue weighted by Crippen LogP contribution is -2.26. The maximum absolute atomic E-state index is 13.3. The normalized spacial score (nSPS) is 10.9. The third-order valence-corrected chi connectivity index (χ3v) is 6.08. The van der Waals surface area contributed by atoms with Gasteiger partial charge in [0, 0.05) is 48.1 Å². The molecule has 0 radical (unpaired) electrons. The number of anilines is 1. The molecular formula is C26H28N4O5. The van der Waals surface area contributed by atoms with Crippen LogP contribution in [0.2, 0.25) is 0 Å². The molecule has 0 saturated carbocycles. The maximum Gasteiger partial charge on any atom is 0.277 e. The van der Waals surface area contributed by atoms with E-state index in [0.717, 1.165) is 11.3 Å². The highest BCUT2D eigenvalue weighted by Gasteiger charge is 2.18. The number of carbonyl (C=O) groups excluding carboxylic acids is 1. The Morgan fingerprint density at radius 2 is 1.69 bits per heavy atom. The highest BCUT2D eigenvalue weighted by Crippen LogP contribution is 2.30. The lowest BCUT2D eigenvalue weighted by Gasteiger charge is -2.13. The van der Waals surface area contributed by atoms with Crippen LogP contribution in [0.5, 0.6) is 17.2 Å². The lowest BCUT2D eigenvalue weighted by molar-refractivity contribution is -0.116. The molecule has 0 bridgehead atoms. The first kappa shape index (κ1) is 23.9. The average molecular weight is 477 g/mol. The molecule has 4 aromatic rings. The number of fused-ring (bicyclic) bond motifs is 1. The number of aryl methyl sites for hydroxylation is 1. The summed E-state index contributed by atoms with van der Waals surface area (Å²) in [5, 5.41) is 7.41. The van der Waals surface area contributed by atoms with Crippen LogP contribution in [0.4, 0.5) is 5.69 Å². The predicted octanol–water partition coefficient (Wildman–Crippen LogP) is 3.61. The zero-order valence-electron chi connectivity index (χ0n) is 20.4. The molecule has 0 aliphatic carbocycles. The summed E-state index contributed by atoms with van der Waals surface area (Å²) in [6, 6.07) is 14.5. The summed E-state index contributed by atoms with van der Waals surface area (Å²) < 4.78 is 19.3. The first-order chi connectivity index (χ1) is 16.9. The van der Waals surface area contributed by atoms with Crippen molar-refractivity contribution in [3.05, 3.63) is 70.1 Å². The van der Waals surface area contributed by atoms with E-state index in [1.165, 1.54) is 11.6 Å². The molecule has 2 heterocycles. The fourth-order valence-corrected chi connectivity index (χ4v) is 4.07. The maximum atomic E-state index is 13.3. The van der Waals surface area contributed by atoms with Crippen molar-refractivity contribution in [2.45, 2.75) is 19.8 Å². The third kappa shape index (κ3) is 4.57. The highest BCUT2D eigenvalue weighted by atomic mass is 16.5. The quantitative estimate of drug-likeness (QED) is 0.417. The minimum absolute atomic E-state index is 0.135. The number of methoxy groups -OCH3 is 3. The smallest absolute Gasteiger partial charge is 0.277 e. The van der Waals surface area contributed by atoms with E-state index < -0.39 is 0 Å². The topological polar surface area (TPSA) is 96.1 Å². The third-order valence-electron chi connectivity index (χ3n) is 6.08. The van der Waals surface area contributed by atoms with Crippen molar-refractivity contribution in [2.24, 2.45) is 7.05 Å². The Bertz CT molecular complexity index is 1450. The number of ether oxygens (including phenoxy) is 3. The SMILES string of the molecule is COc1ccc(NC(=O)CCc2c(C)n(C)c3cc(-c4ccccc4OC)nn3c2=O)cc1OC. The van der Waals surface area contributed by atoms with Gasteiger partial charge in [0.05, 0.1) is 27.0 Å². The molecule has 9 nitrogen and oxygen atoms in total. The summed E-state index contributed by atoms with van der Waals surface area (Å²) in [5.74, 6) is 1.55. The zero-order chi connectivity index (χ0) is 25.1. The number of rotatable bonds is 8. The van der Waals surface area contributed by atoms with Gasteiger partial charge in [-0.2, -0.15) is 9.61 Å². The van der Waals surface area contributed by atoms with E-state index in [1.54, 1.807) is 32.4 Å². The average Bonchev–Trinajstić information content (AvgIpc) is 3.33. The van der Waals surface area contributed by atoms with Gasteiger partial charge in [0.2, 0.25) is 5.91 Å². The van der Waals surface area contributed by atoms with Crippen LogP contribution in [0, 0.1) is 6.92 Å².